The summed E-state index contributed by atoms with van der Waals surface area (Å²) in [6.07, 6.45) is -0.999. The molecule has 0 spiro atoms. The molecule has 8 heteroatoms. The zero-order chi connectivity index (χ0) is 23.3. The minimum Gasteiger partial charge on any atom is -0.489 e. The summed E-state index contributed by atoms with van der Waals surface area (Å²) in [7, 11) is 0. The Morgan fingerprint density at radius 1 is 1.06 bits per heavy atom. The highest BCUT2D eigenvalue weighted by atomic mass is 19.1. The first-order valence-corrected chi connectivity index (χ1v) is 10.2. The van der Waals surface area contributed by atoms with E-state index in [1.165, 1.54) is 19.1 Å². The molecule has 168 valence electrons. The molecule has 0 aliphatic heterocycles. The lowest BCUT2D eigenvalue weighted by Gasteiger charge is -2.18. The maximum Gasteiger partial charge on any atom is 0.338 e. The number of rotatable bonds is 8. The molecule has 0 aliphatic carbocycles. The predicted octanol–water partition coefficient (Wildman–Crippen LogP) is 4.43. The molecule has 0 radical (unpaired) electrons. The minimum atomic E-state index is -0.999. The fourth-order valence-electron chi connectivity index (χ4n) is 3.00. The molecule has 1 N–H and O–H groups in total. The maximum atomic E-state index is 13.1. The summed E-state index contributed by atoms with van der Waals surface area (Å²) < 4.78 is 29.1. The number of benzene rings is 2. The number of carbonyl (C=O) groups excluding carboxylic acids is 2. The monoisotopic (exact) mass is 440 g/mol. The van der Waals surface area contributed by atoms with Crippen LogP contribution in [0.15, 0.2) is 53.1 Å². The number of halogens is 1. The van der Waals surface area contributed by atoms with Gasteiger partial charge in [-0.15, -0.1) is 0 Å². The Balaban J connectivity index is 1.52. The van der Waals surface area contributed by atoms with Gasteiger partial charge in [0.15, 0.2) is 6.10 Å². The van der Waals surface area contributed by atoms with Crippen molar-refractivity contribution in [1.82, 2.24) is 10.5 Å². The van der Waals surface area contributed by atoms with Gasteiger partial charge in [-0.1, -0.05) is 17.3 Å². The Bertz CT molecular complexity index is 1060. The van der Waals surface area contributed by atoms with Gasteiger partial charge in [-0.25, -0.2) is 9.18 Å². The molecule has 1 amide bonds. The Morgan fingerprint density at radius 3 is 2.31 bits per heavy atom. The van der Waals surface area contributed by atoms with Crippen LogP contribution in [0.3, 0.4) is 0 Å². The topological polar surface area (TPSA) is 90.7 Å². The molecule has 0 fully saturated rings. The van der Waals surface area contributed by atoms with Gasteiger partial charge in [-0.3, -0.25) is 4.79 Å². The summed E-state index contributed by atoms with van der Waals surface area (Å²) in [4.78, 5) is 24.8. The Kier molecular flexibility index (Phi) is 7.25. The van der Waals surface area contributed by atoms with Gasteiger partial charge in [-0.05, 0) is 69.7 Å². The van der Waals surface area contributed by atoms with Crippen LogP contribution < -0.4 is 10.1 Å². The third-order valence-corrected chi connectivity index (χ3v) is 5.04. The van der Waals surface area contributed by atoms with Gasteiger partial charge in [0.05, 0.1) is 22.9 Å². The van der Waals surface area contributed by atoms with Crippen molar-refractivity contribution < 1.29 is 28.0 Å². The Morgan fingerprint density at radius 2 is 1.72 bits per heavy atom. The number of aromatic nitrogens is 1. The molecule has 7 nitrogen and oxygen atoms in total. The van der Waals surface area contributed by atoms with Crippen LogP contribution in [0.2, 0.25) is 0 Å². The van der Waals surface area contributed by atoms with Crippen molar-refractivity contribution in [3.8, 4) is 5.75 Å². The number of carbonyl (C=O) groups is 2. The van der Waals surface area contributed by atoms with Crippen molar-refractivity contribution in [2.24, 2.45) is 0 Å². The van der Waals surface area contributed by atoms with E-state index in [4.69, 9.17) is 14.0 Å². The zero-order valence-electron chi connectivity index (χ0n) is 18.3. The number of nitrogens with one attached hydrogen (secondary N) is 1. The molecular formula is C24H25FN2O5. The van der Waals surface area contributed by atoms with Gasteiger partial charge >= 0.3 is 5.97 Å². The number of esters is 1. The minimum absolute atomic E-state index is 0.293. The summed E-state index contributed by atoms with van der Waals surface area (Å²) in [5.74, 6) is -0.159. The highest BCUT2D eigenvalue weighted by Gasteiger charge is 2.21. The molecule has 2 atom stereocenters. The Labute approximate surface area is 185 Å². The Hall–Kier alpha value is -3.68. The second kappa shape index (κ2) is 10.1. The van der Waals surface area contributed by atoms with E-state index in [1.54, 1.807) is 43.3 Å². The van der Waals surface area contributed by atoms with Crippen molar-refractivity contribution in [1.29, 1.82) is 0 Å². The third kappa shape index (κ3) is 5.72. The number of nitrogens with zero attached hydrogens (tertiary/aromatic N) is 1. The summed E-state index contributed by atoms with van der Waals surface area (Å²) in [5, 5.41) is 6.63. The molecule has 0 saturated heterocycles. The second-order valence-electron chi connectivity index (χ2n) is 7.45. The molecule has 3 rings (SSSR count). The van der Waals surface area contributed by atoms with Crippen LogP contribution in [-0.4, -0.2) is 23.1 Å². The number of ether oxygens (including phenoxy) is 2. The van der Waals surface area contributed by atoms with E-state index < -0.39 is 18.0 Å². The van der Waals surface area contributed by atoms with E-state index in [0.717, 1.165) is 16.8 Å². The van der Waals surface area contributed by atoms with E-state index in [-0.39, 0.29) is 11.9 Å². The first-order valence-electron chi connectivity index (χ1n) is 10.2. The van der Waals surface area contributed by atoms with E-state index in [2.05, 4.69) is 10.5 Å². The quantitative estimate of drug-likeness (QED) is 0.521. The second-order valence-corrected chi connectivity index (χ2v) is 7.45. The lowest BCUT2D eigenvalue weighted by atomic mass is 10.1. The van der Waals surface area contributed by atoms with Gasteiger partial charge in [-0.2, -0.15) is 0 Å². The van der Waals surface area contributed by atoms with E-state index in [9.17, 15) is 14.0 Å². The number of amides is 1. The van der Waals surface area contributed by atoms with Crippen molar-refractivity contribution in [2.45, 2.75) is 46.4 Å². The molecule has 1 aromatic heterocycles. The summed E-state index contributed by atoms with van der Waals surface area (Å²) in [6, 6.07) is 11.9. The van der Waals surface area contributed by atoms with Crippen LogP contribution in [0.25, 0.3) is 0 Å². The van der Waals surface area contributed by atoms with Gasteiger partial charge in [0.2, 0.25) is 0 Å². The van der Waals surface area contributed by atoms with E-state index in [0.29, 0.717) is 23.7 Å². The molecule has 3 aromatic rings. The lowest BCUT2D eigenvalue weighted by molar-refractivity contribution is -0.129. The fourth-order valence-corrected chi connectivity index (χ4v) is 3.00. The SMILES string of the molecule is Cc1noc(C)c1COc1ccc(C(=O)OC(C)C(=O)NC(C)c2ccc(F)cc2)cc1. The van der Waals surface area contributed by atoms with Gasteiger partial charge in [0.1, 0.15) is 23.9 Å². The first-order chi connectivity index (χ1) is 15.2. The van der Waals surface area contributed by atoms with Gasteiger partial charge in [0.25, 0.3) is 5.91 Å². The fraction of sp³-hybridized carbons (Fsp3) is 0.292. The van der Waals surface area contributed by atoms with E-state index >= 15 is 0 Å². The van der Waals surface area contributed by atoms with Crippen LogP contribution >= 0.6 is 0 Å². The van der Waals surface area contributed by atoms with Crippen LogP contribution in [0.1, 0.15) is 52.8 Å². The van der Waals surface area contributed by atoms with Crippen molar-refractivity contribution >= 4 is 11.9 Å². The smallest absolute Gasteiger partial charge is 0.338 e. The van der Waals surface area contributed by atoms with Gasteiger partial charge < -0.3 is 19.3 Å². The van der Waals surface area contributed by atoms with Crippen LogP contribution in [0.5, 0.6) is 5.75 Å². The molecule has 0 aliphatic rings. The van der Waals surface area contributed by atoms with Gasteiger partial charge in [0, 0.05) is 0 Å². The van der Waals surface area contributed by atoms with Crippen LogP contribution in [0, 0.1) is 19.7 Å². The molecular weight excluding hydrogens is 415 g/mol. The molecule has 2 aromatic carbocycles. The zero-order valence-corrected chi connectivity index (χ0v) is 18.3. The number of hydrogen-bond donors (Lipinski definition) is 1. The maximum absolute atomic E-state index is 13.1. The molecule has 1 heterocycles. The van der Waals surface area contributed by atoms with Crippen LogP contribution in [0.4, 0.5) is 4.39 Å². The van der Waals surface area contributed by atoms with Crippen molar-refractivity contribution in [2.75, 3.05) is 0 Å². The molecule has 0 saturated carbocycles. The first kappa shape index (κ1) is 23.0. The van der Waals surface area contributed by atoms with E-state index in [1.807, 2.05) is 13.8 Å². The van der Waals surface area contributed by atoms with Crippen molar-refractivity contribution in [3.05, 3.63) is 82.5 Å². The number of aryl methyl sites for hydroxylation is 2. The lowest BCUT2D eigenvalue weighted by Crippen LogP contribution is -2.37. The average Bonchev–Trinajstić information content (AvgIpc) is 3.10. The predicted molar refractivity (Wildman–Crippen MR) is 115 cm³/mol. The normalized spacial score (nSPS) is 12.7. The number of hydrogen-bond acceptors (Lipinski definition) is 6. The van der Waals surface area contributed by atoms with Crippen LogP contribution in [-0.2, 0) is 16.1 Å². The standard InChI is InChI=1S/C24H25FN2O5/c1-14(18-5-9-20(25)10-6-18)26-23(28)17(4)31-24(29)19-7-11-21(12-8-19)30-13-22-15(2)27-32-16(22)3/h5-12,14,17H,13H2,1-4H3,(H,26,28). The molecule has 0 bridgehead atoms. The summed E-state index contributed by atoms with van der Waals surface area (Å²) >= 11 is 0. The average molecular weight is 440 g/mol. The third-order valence-electron chi connectivity index (χ3n) is 5.04. The van der Waals surface area contributed by atoms with Crippen molar-refractivity contribution in [3.63, 3.8) is 0 Å². The highest BCUT2D eigenvalue weighted by Crippen LogP contribution is 2.19. The molecule has 32 heavy (non-hydrogen) atoms. The molecule has 2 unspecified atom stereocenters. The summed E-state index contributed by atoms with van der Waals surface area (Å²) in [6.45, 7) is 7.21. The largest absolute Gasteiger partial charge is 0.489 e. The highest BCUT2D eigenvalue weighted by molar-refractivity contribution is 5.92. The summed E-state index contributed by atoms with van der Waals surface area (Å²) in [5.41, 5.74) is 2.68.